The first-order valence-electron chi connectivity index (χ1n) is 3.35. The predicted molar refractivity (Wildman–Crippen MR) is 52.0 cm³/mol. The van der Waals surface area contributed by atoms with Crippen molar-refractivity contribution in [1.29, 1.82) is 0 Å². The molecule has 0 fully saturated rings. The van der Waals surface area contributed by atoms with Crippen LogP contribution in [0.2, 0.25) is 0 Å². The van der Waals surface area contributed by atoms with Crippen LogP contribution in [-0.2, 0) is 14.4 Å². The SMILES string of the molecule is O=S(=O)(Cl)c1c(F)cc(CBr)cc1F. The van der Waals surface area contributed by atoms with E-state index in [9.17, 15) is 17.2 Å². The van der Waals surface area contributed by atoms with Crippen molar-refractivity contribution in [3.05, 3.63) is 29.3 Å². The van der Waals surface area contributed by atoms with Gasteiger partial charge < -0.3 is 0 Å². The molecule has 0 saturated heterocycles. The number of hydrogen-bond donors (Lipinski definition) is 0. The van der Waals surface area contributed by atoms with Crippen LogP contribution >= 0.6 is 26.6 Å². The van der Waals surface area contributed by atoms with E-state index in [4.69, 9.17) is 10.7 Å². The lowest BCUT2D eigenvalue weighted by Crippen LogP contribution is -2.01. The van der Waals surface area contributed by atoms with E-state index < -0.39 is 25.6 Å². The Morgan fingerprint density at radius 2 is 1.71 bits per heavy atom. The molecule has 0 N–H and O–H groups in total. The molecule has 0 unspecified atom stereocenters. The van der Waals surface area contributed by atoms with E-state index in [-0.39, 0.29) is 5.33 Å². The Labute approximate surface area is 92.4 Å². The van der Waals surface area contributed by atoms with Crippen LogP contribution in [0.4, 0.5) is 8.78 Å². The van der Waals surface area contributed by atoms with Crippen molar-refractivity contribution in [2.45, 2.75) is 10.2 Å². The van der Waals surface area contributed by atoms with Gasteiger partial charge in [-0.2, -0.15) is 0 Å². The van der Waals surface area contributed by atoms with E-state index in [1.807, 2.05) is 0 Å². The number of benzene rings is 1. The summed E-state index contributed by atoms with van der Waals surface area (Å²) < 4.78 is 47.6. The van der Waals surface area contributed by atoms with Crippen LogP contribution in [0.3, 0.4) is 0 Å². The lowest BCUT2D eigenvalue weighted by atomic mass is 10.2. The van der Waals surface area contributed by atoms with Crippen LogP contribution in [-0.4, -0.2) is 8.42 Å². The summed E-state index contributed by atoms with van der Waals surface area (Å²) >= 11 is 2.99. The van der Waals surface area contributed by atoms with Gasteiger partial charge >= 0.3 is 0 Å². The lowest BCUT2D eigenvalue weighted by Gasteiger charge is -2.02. The van der Waals surface area contributed by atoms with Crippen molar-refractivity contribution in [1.82, 2.24) is 0 Å². The van der Waals surface area contributed by atoms with Gasteiger partial charge in [0.05, 0.1) is 0 Å². The summed E-state index contributed by atoms with van der Waals surface area (Å²) in [6, 6.07) is 1.82. The van der Waals surface area contributed by atoms with Gasteiger partial charge in [-0.05, 0) is 17.7 Å². The minimum absolute atomic E-state index is 0.226. The molecule has 0 aliphatic carbocycles. The highest BCUT2D eigenvalue weighted by Gasteiger charge is 2.22. The average molecular weight is 306 g/mol. The number of rotatable bonds is 2. The Hall–Kier alpha value is -0.200. The molecule has 0 bridgehead atoms. The van der Waals surface area contributed by atoms with Crippen molar-refractivity contribution < 1.29 is 17.2 Å². The first-order chi connectivity index (χ1) is 6.36. The van der Waals surface area contributed by atoms with Crippen molar-refractivity contribution in [2.24, 2.45) is 0 Å². The normalized spacial score (nSPS) is 11.7. The van der Waals surface area contributed by atoms with E-state index >= 15 is 0 Å². The predicted octanol–water partition coefficient (Wildman–Crippen LogP) is 2.79. The Kier molecular flexibility index (Phi) is 3.49. The second-order valence-corrected chi connectivity index (χ2v) is 5.52. The van der Waals surface area contributed by atoms with Gasteiger partial charge in [0.1, 0.15) is 11.6 Å². The molecule has 0 spiro atoms. The molecule has 14 heavy (non-hydrogen) atoms. The molecule has 0 amide bonds. The third-order valence-corrected chi connectivity index (χ3v) is 3.44. The molecule has 0 radical (unpaired) electrons. The van der Waals surface area contributed by atoms with Gasteiger partial charge in [0.15, 0.2) is 4.90 Å². The van der Waals surface area contributed by atoms with E-state index in [1.165, 1.54) is 0 Å². The van der Waals surface area contributed by atoms with Crippen LogP contribution in [0, 0.1) is 11.6 Å². The van der Waals surface area contributed by atoms with Gasteiger partial charge in [-0.3, -0.25) is 0 Å². The van der Waals surface area contributed by atoms with Crippen LogP contribution in [0.5, 0.6) is 0 Å². The third kappa shape index (κ3) is 2.43. The monoisotopic (exact) mass is 304 g/mol. The van der Waals surface area contributed by atoms with E-state index in [0.29, 0.717) is 5.56 Å². The van der Waals surface area contributed by atoms with Gasteiger partial charge in [-0.1, -0.05) is 15.9 Å². The first-order valence-corrected chi connectivity index (χ1v) is 6.78. The smallest absolute Gasteiger partial charge is 0.207 e. The molecule has 0 aromatic heterocycles. The molecule has 0 atom stereocenters. The fourth-order valence-corrected chi connectivity index (χ4v) is 2.27. The van der Waals surface area contributed by atoms with Gasteiger partial charge in [-0.25, -0.2) is 17.2 Å². The van der Waals surface area contributed by atoms with Gasteiger partial charge in [-0.15, -0.1) is 0 Å². The molecular weight excluding hydrogens is 301 g/mol. The third-order valence-electron chi connectivity index (χ3n) is 1.46. The first kappa shape index (κ1) is 11.9. The summed E-state index contributed by atoms with van der Waals surface area (Å²) in [7, 11) is 0.463. The van der Waals surface area contributed by atoms with Crippen molar-refractivity contribution in [3.8, 4) is 0 Å². The summed E-state index contributed by atoms with van der Waals surface area (Å²) in [6.45, 7) is 0. The van der Waals surface area contributed by atoms with E-state index in [0.717, 1.165) is 12.1 Å². The van der Waals surface area contributed by atoms with Crippen molar-refractivity contribution >= 4 is 35.7 Å². The maximum atomic E-state index is 13.1. The number of halogens is 4. The molecule has 0 saturated carbocycles. The Bertz CT molecular complexity index is 438. The van der Waals surface area contributed by atoms with Gasteiger partial charge in [0.25, 0.3) is 9.05 Å². The van der Waals surface area contributed by atoms with Crippen molar-refractivity contribution in [3.63, 3.8) is 0 Å². The summed E-state index contributed by atoms with van der Waals surface area (Å²) in [5.74, 6) is -2.37. The molecule has 1 aromatic rings. The minimum Gasteiger partial charge on any atom is -0.207 e. The maximum Gasteiger partial charge on any atom is 0.267 e. The Balaban J connectivity index is 3.48. The molecule has 1 aromatic carbocycles. The second kappa shape index (κ2) is 4.12. The minimum atomic E-state index is -4.38. The highest BCUT2D eigenvalue weighted by atomic mass is 79.9. The summed E-state index contributed by atoms with van der Waals surface area (Å²) in [5.41, 5.74) is 0.295. The van der Waals surface area contributed by atoms with Crippen LogP contribution in [0.15, 0.2) is 17.0 Å². The molecule has 0 aliphatic rings. The van der Waals surface area contributed by atoms with E-state index in [1.54, 1.807) is 0 Å². The largest absolute Gasteiger partial charge is 0.267 e. The van der Waals surface area contributed by atoms with Crippen LogP contribution in [0.25, 0.3) is 0 Å². The zero-order valence-corrected chi connectivity index (χ0v) is 9.76. The number of hydrogen-bond acceptors (Lipinski definition) is 2. The van der Waals surface area contributed by atoms with Gasteiger partial charge in [0.2, 0.25) is 0 Å². The molecule has 1 rings (SSSR count). The maximum absolute atomic E-state index is 13.1. The highest BCUT2D eigenvalue weighted by molar-refractivity contribution is 9.08. The topological polar surface area (TPSA) is 34.1 Å². The number of alkyl halides is 1. The van der Waals surface area contributed by atoms with E-state index in [2.05, 4.69) is 15.9 Å². The summed E-state index contributed by atoms with van der Waals surface area (Å²) in [6.07, 6.45) is 0. The molecule has 0 aliphatic heterocycles. The van der Waals surface area contributed by atoms with Gasteiger partial charge in [0, 0.05) is 16.0 Å². The Morgan fingerprint density at radius 3 is 2.00 bits per heavy atom. The van der Waals surface area contributed by atoms with Crippen LogP contribution < -0.4 is 0 Å². The fourth-order valence-electron chi connectivity index (χ4n) is 0.922. The fraction of sp³-hybridized carbons (Fsp3) is 0.143. The summed E-state index contributed by atoms with van der Waals surface area (Å²) in [4.78, 5) is -1.11. The van der Waals surface area contributed by atoms with Crippen molar-refractivity contribution in [2.75, 3.05) is 0 Å². The molecule has 7 heteroatoms. The molecule has 2 nitrogen and oxygen atoms in total. The van der Waals surface area contributed by atoms with Crippen LogP contribution in [0.1, 0.15) is 5.56 Å². The lowest BCUT2D eigenvalue weighted by molar-refractivity contribution is 0.522. The molecule has 0 heterocycles. The highest BCUT2D eigenvalue weighted by Crippen LogP contribution is 2.24. The second-order valence-electron chi connectivity index (χ2n) is 2.46. The zero-order chi connectivity index (χ0) is 10.9. The average Bonchev–Trinajstić information content (AvgIpc) is 1.99. The quantitative estimate of drug-likeness (QED) is 0.622. The molecular formula is C7H4BrClF2O2S. The zero-order valence-electron chi connectivity index (χ0n) is 6.60. The summed E-state index contributed by atoms with van der Waals surface area (Å²) in [5, 5.41) is 0.226. The standard InChI is InChI=1S/C7H4BrClF2O2S/c8-3-4-1-5(10)7(6(11)2-4)14(9,12)13/h1-2H,3H2. The Morgan fingerprint density at radius 1 is 1.29 bits per heavy atom. The molecule has 78 valence electrons.